The summed E-state index contributed by atoms with van der Waals surface area (Å²) in [5, 5.41) is 6.53. The third-order valence-corrected chi connectivity index (χ3v) is 7.28. The van der Waals surface area contributed by atoms with Crippen molar-refractivity contribution in [2.24, 2.45) is 0 Å². The molecule has 1 aliphatic heterocycles. The second kappa shape index (κ2) is 11.5. The van der Waals surface area contributed by atoms with Crippen molar-refractivity contribution >= 4 is 44.3 Å². The van der Waals surface area contributed by atoms with E-state index in [-0.39, 0.29) is 18.1 Å². The minimum absolute atomic E-state index is 0.0802. The van der Waals surface area contributed by atoms with Crippen LogP contribution in [-0.2, 0) is 14.8 Å². The topological polar surface area (TPSA) is 161 Å². The number of fused-ring (bicyclic) bond motifs is 1. The molecule has 39 heavy (non-hydrogen) atoms. The molecule has 0 aromatic carbocycles. The van der Waals surface area contributed by atoms with Crippen LogP contribution in [0, 0.1) is 0 Å². The molecule has 1 saturated heterocycles. The molecular formula is C25H32N8O5S. The first-order valence-corrected chi connectivity index (χ1v) is 14.8. The molecule has 3 aromatic rings. The van der Waals surface area contributed by atoms with Gasteiger partial charge in [0.15, 0.2) is 0 Å². The Labute approximate surface area is 226 Å². The molecule has 5 rings (SSSR count). The van der Waals surface area contributed by atoms with Gasteiger partial charge in [-0.3, -0.25) is 14.5 Å². The van der Waals surface area contributed by atoms with Crippen LogP contribution in [0.2, 0.25) is 0 Å². The maximum Gasteiger partial charge on any atom is 0.269 e. The second-order valence-corrected chi connectivity index (χ2v) is 11.4. The van der Waals surface area contributed by atoms with Crippen LogP contribution in [0.3, 0.4) is 0 Å². The lowest BCUT2D eigenvalue weighted by atomic mass is 9.93. The number of nitrogens with zero attached hydrogens (tertiary/aromatic N) is 5. The van der Waals surface area contributed by atoms with Crippen LogP contribution < -0.4 is 25.0 Å². The molecule has 3 N–H and O–H groups in total. The van der Waals surface area contributed by atoms with E-state index >= 15 is 0 Å². The number of ether oxygens (including phenoxy) is 2. The Kier molecular flexibility index (Phi) is 7.93. The fourth-order valence-corrected chi connectivity index (χ4v) is 5.28. The number of carbonyl (C=O) groups is 1. The van der Waals surface area contributed by atoms with Gasteiger partial charge in [-0.1, -0.05) is 0 Å². The van der Waals surface area contributed by atoms with E-state index in [1.807, 2.05) is 6.07 Å². The number of sulfonamides is 1. The van der Waals surface area contributed by atoms with Gasteiger partial charge in [-0.2, -0.15) is 4.98 Å². The molecular weight excluding hydrogens is 524 g/mol. The van der Waals surface area contributed by atoms with Gasteiger partial charge in [0.25, 0.3) is 5.91 Å². The molecule has 13 nitrogen and oxygen atoms in total. The first-order chi connectivity index (χ1) is 18.8. The summed E-state index contributed by atoms with van der Waals surface area (Å²) in [4.78, 5) is 31.9. The fourth-order valence-electron chi connectivity index (χ4n) is 4.74. The summed E-state index contributed by atoms with van der Waals surface area (Å²) in [5.41, 5.74) is 1.33. The van der Waals surface area contributed by atoms with Crippen LogP contribution in [0.25, 0.3) is 10.9 Å². The van der Waals surface area contributed by atoms with E-state index in [1.165, 1.54) is 6.20 Å². The van der Waals surface area contributed by atoms with Gasteiger partial charge in [-0.15, -0.1) is 0 Å². The Morgan fingerprint density at radius 2 is 1.87 bits per heavy atom. The van der Waals surface area contributed by atoms with Crippen molar-refractivity contribution in [2.45, 2.75) is 37.8 Å². The Hall–Kier alpha value is -3.78. The molecule has 4 heterocycles. The van der Waals surface area contributed by atoms with E-state index in [4.69, 9.17) is 14.5 Å². The molecule has 208 valence electrons. The van der Waals surface area contributed by atoms with Crippen molar-refractivity contribution in [3.05, 3.63) is 36.3 Å². The lowest BCUT2D eigenvalue weighted by molar-refractivity contribution is 0.0958. The van der Waals surface area contributed by atoms with E-state index in [9.17, 15) is 13.2 Å². The monoisotopic (exact) mass is 556 g/mol. The number of pyridine rings is 2. The molecule has 1 amide bonds. The van der Waals surface area contributed by atoms with E-state index < -0.39 is 10.0 Å². The number of nitrogens with one attached hydrogen (secondary N) is 3. The molecule has 1 saturated carbocycles. The number of amides is 1. The number of carbonyl (C=O) groups excluding carboxylic acids is 1. The zero-order valence-corrected chi connectivity index (χ0v) is 22.7. The molecule has 0 radical (unpaired) electrons. The summed E-state index contributed by atoms with van der Waals surface area (Å²) in [6.07, 6.45) is 7.25. The minimum atomic E-state index is -3.47. The van der Waals surface area contributed by atoms with Gasteiger partial charge < -0.3 is 25.0 Å². The van der Waals surface area contributed by atoms with Crippen molar-refractivity contribution in [1.29, 1.82) is 0 Å². The highest BCUT2D eigenvalue weighted by atomic mass is 32.2. The van der Waals surface area contributed by atoms with Gasteiger partial charge in [-0.25, -0.2) is 18.4 Å². The highest BCUT2D eigenvalue weighted by molar-refractivity contribution is 7.92. The summed E-state index contributed by atoms with van der Waals surface area (Å²) in [5.74, 6) is 1.33. The van der Waals surface area contributed by atoms with Crippen molar-refractivity contribution < 1.29 is 22.7 Å². The predicted octanol–water partition coefficient (Wildman–Crippen LogP) is 1.79. The average Bonchev–Trinajstić information content (AvgIpc) is 2.93. The van der Waals surface area contributed by atoms with Crippen molar-refractivity contribution in [2.75, 3.05) is 54.5 Å². The molecule has 3 aromatic heterocycles. The van der Waals surface area contributed by atoms with Gasteiger partial charge in [0.1, 0.15) is 17.6 Å². The molecule has 14 heteroatoms. The third-order valence-electron chi connectivity index (χ3n) is 6.67. The van der Waals surface area contributed by atoms with Crippen LogP contribution in [-0.4, -0.2) is 86.0 Å². The van der Waals surface area contributed by atoms with E-state index in [1.54, 1.807) is 25.4 Å². The van der Waals surface area contributed by atoms with Gasteiger partial charge in [-0.05, 0) is 37.8 Å². The fraction of sp³-hybridized carbons (Fsp3) is 0.480. The molecule has 0 bridgehead atoms. The minimum Gasteiger partial charge on any atom is -0.474 e. The second-order valence-electron chi connectivity index (χ2n) is 9.63. The molecule has 1 aliphatic carbocycles. The standard InChI is InChI=1S/C25H32N8O5S/c1-26-23(34)20-7-8-27-25(30-20)29-16-3-5-18(6-4-16)38-24-19-13-17(32-39(2,35)36)15-28-21(19)14-22(31-24)33-9-11-37-12-10-33/h7-8,13-16,18,32H,3-6,9-12H2,1-2H3,(H,26,34)(H,27,29,30). The Balaban J connectivity index is 1.32. The lowest BCUT2D eigenvalue weighted by Crippen LogP contribution is -2.37. The summed E-state index contributed by atoms with van der Waals surface area (Å²) >= 11 is 0. The smallest absolute Gasteiger partial charge is 0.269 e. The van der Waals surface area contributed by atoms with Crippen LogP contribution in [0.1, 0.15) is 36.2 Å². The summed E-state index contributed by atoms with van der Waals surface area (Å²) < 4.78 is 38.0. The Morgan fingerprint density at radius 3 is 2.59 bits per heavy atom. The van der Waals surface area contributed by atoms with Gasteiger partial charge in [0.05, 0.1) is 42.3 Å². The predicted molar refractivity (Wildman–Crippen MR) is 147 cm³/mol. The number of hydrogen-bond donors (Lipinski definition) is 3. The number of anilines is 3. The van der Waals surface area contributed by atoms with Gasteiger partial charge in [0, 0.05) is 38.4 Å². The molecule has 2 fully saturated rings. The Morgan fingerprint density at radius 1 is 1.10 bits per heavy atom. The Bertz CT molecular complexity index is 1440. The first-order valence-electron chi connectivity index (χ1n) is 12.9. The van der Waals surface area contributed by atoms with Crippen molar-refractivity contribution in [1.82, 2.24) is 25.3 Å². The van der Waals surface area contributed by atoms with Crippen LogP contribution in [0.4, 0.5) is 17.5 Å². The summed E-state index contributed by atoms with van der Waals surface area (Å²) in [6, 6.07) is 5.31. The maximum atomic E-state index is 11.9. The maximum absolute atomic E-state index is 11.9. The van der Waals surface area contributed by atoms with Crippen molar-refractivity contribution in [3.8, 4) is 5.88 Å². The largest absolute Gasteiger partial charge is 0.474 e. The zero-order chi connectivity index (χ0) is 27.4. The van der Waals surface area contributed by atoms with Gasteiger partial charge in [0.2, 0.25) is 21.9 Å². The normalized spacial score (nSPS) is 19.9. The zero-order valence-electron chi connectivity index (χ0n) is 21.9. The highest BCUT2D eigenvalue weighted by Gasteiger charge is 2.25. The van der Waals surface area contributed by atoms with Crippen molar-refractivity contribution in [3.63, 3.8) is 0 Å². The van der Waals surface area contributed by atoms with E-state index in [0.717, 1.165) is 37.8 Å². The number of hydrogen-bond acceptors (Lipinski definition) is 11. The molecule has 0 unspecified atom stereocenters. The molecule has 2 aliphatic rings. The molecule has 0 spiro atoms. The number of rotatable bonds is 8. The van der Waals surface area contributed by atoms with Gasteiger partial charge >= 0.3 is 0 Å². The average molecular weight is 557 g/mol. The van der Waals surface area contributed by atoms with Crippen LogP contribution in [0.15, 0.2) is 30.6 Å². The van der Waals surface area contributed by atoms with Crippen LogP contribution in [0.5, 0.6) is 5.88 Å². The number of aromatic nitrogens is 4. The summed E-state index contributed by atoms with van der Waals surface area (Å²) in [6.45, 7) is 2.66. The highest BCUT2D eigenvalue weighted by Crippen LogP contribution is 2.33. The quantitative estimate of drug-likeness (QED) is 0.371. The lowest BCUT2D eigenvalue weighted by Gasteiger charge is -2.31. The number of morpholine rings is 1. The third kappa shape index (κ3) is 6.81. The van der Waals surface area contributed by atoms with E-state index in [2.05, 4.69) is 35.2 Å². The first kappa shape index (κ1) is 26.8. The van der Waals surface area contributed by atoms with Crippen LogP contribution >= 0.6 is 0 Å². The molecule has 0 atom stereocenters. The summed E-state index contributed by atoms with van der Waals surface area (Å²) in [7, 11) is -1.90. The van der Waals surface area contributed by atoms with E-state index in [0.29, 0.717) is 60.4 Å². The SMILES string of the molecule is CNC(=O)c1ccnc(NC2CCC(Oc3nc(N4CCOCC4)cc4ncc(NS(C)(=O)=O)cc34)CC2)n1.